The Labute approximate surface area is 136 Å². The van der Waals surface area contributed by atoms with E-state index in [0.29, 0.717) is 0 Å². The van der Waals surface area contributed by atoms with E-state index in [1.54, 1.807) is 0 Å². The van der Waals surface area contributed by atoms with Gasteiger partial charge in [0, 0.05) is 10.5 Å². The molecule has 0 radical (unpaired) electrons. The molecule has 3 nitrogen and oxygen atoms in total. The van der Waals surface area contributed by atoms with Gasteiger partial charge in [-0.15, -0.1) is 0 Å². The Morgan fingerprint density at radius 3 is 2.57 bits per heavy atom. The molecule has 1 aliphatic rings. The number of nitrogens with two attached hydrogens (primary N) is 1. The van der Waals surface area contributed by atoms with E-state index in [0.717, 1.165) is 29.3 Å². The number of hydrogen-bond acceptors (Lipinski definition) is 3. The van der Waals surface area contributed by atoms with Crippen LogP contribution in [-0.4, -0.2) is 24.4 Å². The van der Waals surface area contributed by atoms with Gasteiger partial charge >= 0.3 is 0 Å². The third-order valence-electron chi connectivity index (χ3n) is 4.03. The topological polar surface area (TPSA) is 44.5 Å². The van der Waals surface area contributed by atoms with Gasteiger partial charge in [-0.25, -0.2) is 0 Å². The van der Waals surface area contributed by atoms with Gasteiger partial charge in [-0.3, -0.25) is 0 Å². The number of rotatable bonds is 5. The largest absolute Gasteiger partial charge is 0.375 e. The van der Waals surface area contributed by atoms with Gasteiger partial charge in [0.1, 0.15) is 0 Å². The predicted molar refractivity (Wildman–Crippen MR) is 89.3 cm³/mol. The smallest absolute Gasteiger partial charge is 0.0979 e. The van der Waals surface area contributed by atoms with E-state index in [9.17, 15) is 0 Å². The summed E-state index contributed by atoms with van der Waals surface area (Å²) < 4.78 is 13.3. The quantitative estimate of drug-likeness (QED) is 0.860. The van der Waals surface area contributed by atoms with Gasteiger partial charge in [-0.2, -0.15) is 0 Å². The molecule has 21 heavy (non-hydrogen) atoms. The molecule has 1 fully saturated rings. The van der Waals surface area contributed by atoms with Crippen molar-refractivity contribution in [2.75, 3.05) is 0 Å². The zero-order valence-corrected chi connectivity index (χ0v) is 14.7. The van der Waals surface area contributed by atoms with Crippen LogP contribution in [0.15, 0.2) is 28.7 Å². The van der Waals surface area contributed by atoms with Crippen LogP contribution in [-0.2, 0) is 9.47 Å². The minimum atomic E-state index is -0.0602. The lowest BCUT2D eigenvalue weighted by Crippen LogP contribution is -2.38. The number of benzene rings is 1. The van der Waals surface area contributed by atoms with E-state index >= 15 is 0 Å². The predicted octanol–water partition coefficient (Wildman–Crippen LogP) is 4.20. The Kier molecular flexibility index (Phi) is 6.23. The number of halogens is 1. The highest BCUT2D eigenvalue weighted by molar-refractivity contribution is 9.10. The van der Waals surface area contributed by atoms with Gasteiger partial charge in [0.25, 0.3) is 0 Å². The van der Waals surface area contributed by atoms with E-state index in [1.165, 1.54) is 0 Å². The summed E-state index contributed by atoms with van der Waals surface area (Å²) in [6, 6.07) is 8.26. The highest BCUT2D eigenvalue weighted by atomic mass is 79.9. The normalized spacial score (nSPS) is 29.1. The van der Waals surface area contributed by atoms with Crippen LogP contribution in [0.2, 0.25) is 0 Å². The number of ether oxygens (including phenoxy) is 2. The molecule has 118 valence electrons. The van der Waals surface area contributed by atoms with Crippen molar-refractivity contribution < 1.29 is 9.47 Å². The van der Waals surface area contributed by atoms with Crippen LogP contribution in [0.3, 0.4) is 0 Å². The molecule has 2 rings (SSSR count). The van der Waals surface area contributed by atoms with Gasteiger partial charge in [0.05, 0.1) is 24.4 Å². The third kappa shape index (κ3) is 4.78. The van der Waals surface area contributed by atoms with Crippen molar-refractivity contribution in [1.29, 1.82) is 0 Å². The SMILES string of the molecule is CCC(N)C(OC1CC(C)OC(C)C1)c1cccc(Br)c1. The van der Waals surface area contributed by atoms with E-state index in [-0.39, 0.29) is 30.5 Å². The van der Waals surface area contributed by atoms with E-state index in [1.807, 2.05) is 12.1 Å². The van der Waals surface area contributed by atoms with Crippen LogP contribution in [0, 0.1) is 0 Å². The summed E-state index contributed by atoms with van der Waals surface area (Å²) in [5.41, 5.74) is 7.46. The fourth-order valence-corrected chi connectivity index (χ4v) is 3.40. The molecular weight excluding hydrogens is 330 g/mol. The van der Waals surface area contributed by atoms with Crippen molar-refractivity contribution in [3.05, 3.63) is 34.3 Å². The van der Waals surface area contributed by atoms with Crippen molar-refractivity contribution in [3.8, 4) is 0 Å². The van der Waals surface area contributed by atoms with Gasteiger partial charge in [0.15, 0.2) is 0 Å². The molecule has 4 atom stereocenters. The van der Waals surface area contributed by atoms with Crippen LogP contribution in [0.4, 0.5) is 0 Å². The lowest BCUT2D eigenvalue weighted by molar-refractivity contribution is -0.127. The molecule has 1 heterocycles. The van der Waals surface area contributed by atoms with E-state index < -0.39 is 0 Å². The van der Waals surface area contributed by atoms with Crippen LogP contribution in [0.5, 0.6) is 0 Å². The van der Waals surface area contributed by atoms with Crippen molar-refractivity contribution in [1.82, 2.24) is 0 Å². The van der Waals surface area contributed by atoms with Crippen LogP contribution in [0.1, 0.15) is 51.7 Å². The molecule has 0 bridgehead atoms. The van der Waals surface area contributed by atoms with Gasteiger partial charge in [0.2, 0.25) is 0 Å². The molecule has 1 saturated heterocycles. The standard InChI is InChI=1S/C17H26BrNO2/c1-4-16(19)17(13-6-5-7-14(18)10-13)21-15-8-11(2)20-12(3)9-15/h5-7,10-12,15-17H,4,8-9,19H2,1-3H3. The molecule has 0 amide bonds. The van der Waals surface area contributed by atoms with Gasteiger partial charge in [-0.05, 0) is 50.8 Å². The summed E-state index contributed by atoms with van der Waals surface area (Å²) >= 11 is 3.53. The van der Waals surface area contributed by atoms with E-state index in [4.69, 9.17) is 15.2 Å². The minimum Gasteiger partial charge on any atom is -0.375 e. The summed E-state index contributed by atoms with van der Waals surface area (Å²) in [5.74, 6) is 0. The maximum absolute atomic E-state index is 6.40. The Morgan fingerprint density at radius 2 is 2.00 bits per heavy atom. The summed E-state index contributed by atoms with van der Waals surface area (Å²) in [7, 11) is 0. The second-order valence-corrected chi connectivity index (χ2v) is 6.95. The second kappa shape index (κ2) is 7.73. The monoisotopic (exact) mass is 355 g/mol. The first-order valence-corrected chi connectivity index (χ1v) is 8.60. The molecule has 1 aliphatic heterocycles. The summed E-state index contributed by atoms with van der Waals surface area (Å²) in [6.07, 6.45) is 3.42. The van der Waals surface area contributed by atoms with Gasteiger partial charge < -0.3 is 15.2 Å². The fraction of sp³-hybridized carbons (Fsp3) is 0.647. The van der Waals surface area contributed by atoms with Crippen molar-refractivity contribution in [2.45, 2.75) is 70.5 Å². The maximum atomic E-state index is 6.40. The van der Waals surface area contributed by atoms with Crippen molar-refractivity contribution in [3.63, 3.8) is 0 Å². The molecule has 4 unspecified atom stereocenters. The molecule has 1 aromatic rings. The molecule has 0 aliphatic carbocycles. The zero-order chi connectivity index (χ0) is 15.4. The molecule has 0 aromatic heterocycles. The Hall–Kier alpha value is -0.420. The minimum absolute atomic E-state index is 0.00718. The highest BCUT2D eigenvalue weighted by Gasteiger charge is 2.29. The fourth-order valence-electron chi connectivity index (χ4n) is 2.99. The Balaban J connectivity index is 2.13. The lowest BCUT2D eigenvalue weighted by Gasteiger charge is -2.36. The zero-order valence-electron chi connectivity index (χ0n) is 13.1. The lowest BCUT2D eigenvalue weighted by atomic mass is 9.98. The first-order chi connectivity index (χ1) is 9.99. The molecule has 4 heteroatoms. The van der Waals surface area contributed by atoms with E-state index in [2.05, 4.69) is 48.8 Å². The van der Waals surface area contributed by atoms with Crippen molar-refractivity contribution in [2.24, 2.45) is 5.73 Å². The van der Waals surface area contributed by atoms with Crippen LogP contribution in [0.25, 0.3) is 0 Å². The second-order valence-electron chi connectivity index (χ2n) is 6.03. The Morgan fingerprint density at radius 1 is 1.33 bits per heavy atom. The van der Waals surface area contributed by atoms with Gasteiger partial charge in [-0.1, -0.05) is 35.0 Å². The molecule has 0 saturated carbocycles. The van der Waals surface area contributed by atoms with Crippen LogP contribution >= 0.6 is 15.9 Å². The molecule has 0 spiro atoms. The average Bonchev–Trinajstić information content (AvgIpc) is 2.43. The average molecular weight is 356 g/mol. The first-order valence-electron chi connectivity index (χ1n) is 7.81. The van der Waals surface area contributed by atoms with Crippen LogP contribution < -0.4 is 5.73 Å². The summed E-state index contributed by atoms with van der Waals surface area (Å²) in [4.78, 5) is 0. The first kappa shape index (κ1) is 16.9. The molecule has 1 aromatic carbocycles. The number of hydrogen-bond donors (Lipinski definition) is 1. The maximum Gasteiger partial charge on any atom is 0.0979 e. The summed E-state index contributed by atoms with van der Waals surface area (Å²) in [5, 5.41) is 0. The van der Waals surface area contributed by atoms with Crippen molar-refractivity contribution >= 4 is 15.9 Å². The highest BCUT2D eigenvalue weighted by Crippen LogP contribution is 2.31. The summed E-state index contributed by atoms with van der Waals surface area (Å²) in [6.45, 7) is 6.33. The molecule has 2 N–H and O–H groups in total. The Bertz CT molecular complexity index is 444. The molecular formula is C17H26BrNO2. The third-order valence-corrected chi connectivity index (χ3v) is 4.52.